The summed E-state index contributed by atoms with van der Waals surface area (Å²) in [6.45, 7) is -4.84. The molecule has 0 bridgehead atoms. The molecule has 0 aliphatic rings. The number of hydrogen-bond donors (Lipinski definition) is 2. The maximum atomic E-state index is 12.6. The Hall–Kier alpha value is -3.19. The van der Waals surface area contributed by atoms with E-state index in [0.717, 1.165) is 18.2 Å². The Morgan fingerprint density at radius 3 is 2.34 bits per heavy atom. The lowest BCUT2D eigenvalue weighted by molar-refractivity contribution is -0.121. The fraction of sp³-hybridized carbons (Fsp3) is 0.211. The van der Waals surface area contributed by atoms with Crippen LogP contribution in [0.25, 0.3) is 6.08 Å². The van der Waals surface area contributed by atoms with Crippen molar-refractivity contribution >= 4 is 27.7 Å². The SMILES string of the molecule is COc1cccc(/C=C/C(=O)Nc2ccc(S(=O)(=O)NCC(F)(F)F)cc2)c1OC(F)F. The van der Waals surface area contributed by atoms with Gasteiger partial charge in [0.15, 0.2) is 11.5 Å². The van der Waals surface area contributed by atoms with Gasteiger partial charge in [-0.05, 0) is 36.4 Å². The van der Waals surface area contributed by atoms with Crippen molar-refractivity contribution in [2.24, 2.45) is 0 Å². The van der Waals surface area contributed by atoms with E-state index in [4.69, 9.17) is 4.74 Å². The molecule has 0 heterocycles. The molecule has 7 nitrogen and oxygen atoms in total. The van der Waals surface area contributed by atoms with E-state index < -0.39 is 40.2 Å². The summed E-state index contributed by atoms with van der Waals surface area (Å²) in [7, 11) is -3.13. The minimum absolute atomic E-state index is 0.0313. The van der Waals surface area contributed by atoms with Crippen LogP contribution in [-0.4, -0.2) is 40.8 Å². The van der Waals surface area contributed by atoms with Crippen LogP contribution in [0.3, 0.4) is 0 Å². The standard InChI is InChI=1S/C19H17F5N2O5S/c1-30-15-4-2-3-12(17(15)31-18(20)21)5-10-16(27)26-13-6-8-14(9-7-13)32(28,29)25-11-19(22,23)24/h2-10,18,25H,11H2,1H3,(H,26,27)/b10-5+. The fourth-order valence-electron chi connectivity index (χ4n) is 2.37. The van der Waals surface area contributed by atoms with Crippen LogP contribution >= 0.6 is 0 Å². The lowest BCUT2D eigenvalue weighted by Crippen LogP contribution is -2.33. The number of carbonyl (C=O) groups excluding carboxylic acids is 1. The van der Waals surface area contributed by atoms with Crippen LogP contribution in [0.15, 0.2) is 53.4 Å². The first kappa shape index (κ1) is 25.1. The summed E-state index contributed by atoms with van der Waals surface area (Å²) in [4.78, 5) is 11.7. The topological polar surface area (TPSA) is 93.7 Å². The summed E-state index contributed by atoms with van der Waals surface area (Å²) in [6, 6.07) is 8.67. The van der Waals surface area contributed by atoms with Crippen molar-refractivity contribution in [2.75, 3.05) is 19.0 Å². The van der Waals surface area contributed by atoms with Gasteiger partial charge in [0.05, 0.1) is 12.0 Å². The zero-order chi connectivity index (χ0) is 23.9. The van der Waals surface area contributed by atoms with Crippen LogP contribution < -0.4 is 19.5 Å². The highest BCUT2D eigenvalue weighted by Crippen LogP contribution is 2.33. The van der Waals surface area contributed by atoms with E-state index in [1.165, 1.54) is 48.2 Å². The van der Waals surface area contributed by atoms with Crippen LogP contribution in [-0.2, 0) is 14.8 Å². The molecule has 0 unspecified atom stereocenters. The van der Waals surface area contributed by atoms with Crippen molar-refractivity contribution in [1.29, 1.82) is 0 Å². The van der Waals surface area contributed by atoms with Crippen molar-refractivity contribution in [3.05, 3.63) is 54.1 Å². The number of amides is 1. The van der Waals surface area contributed by atoms with Gasteiger partial charge in [-0.2, -0.15) is 22.0 Å². The highest BCUT2D eigenvalue weighted by Gasteiger charge is 2.30. The van der Waals surface area contributed by atoms with E-state index in [0.29, 0.717) is 0 Å². The quantitative estimate of drug-likeness (QED) is 0.421. The summed E-state index contributed by atoms with van der Waals surface area (Å²) in [6.07, 6.45) is -2.49. The van der Waals surface area contributed by atoms with E-state index in [-0.39, 0.29) is 22.7 Å². The van der Waals surface area contributed by atoms with Crippen LogP contribution in [0.1, 0.15) is 5.56 Å². The third-order valence-corrected chi connectivity index (χ3v) is 5.16. The predicted octanol–water partition coefficient (Wildman–Crippen LogP) is 3.79. The fourth-order valence-corrected chi connectivity index (χ4v) is 3.38. The summed E-state index contributed by atoms with van der Waals surface area (Å²) in [5.74, 6) is -0.930. The molecule has 2 rings (SSSR count). The van der Waals surface area contributed by atoms with Gasteiger partial charge in [-0.15, -0.1) is 0 Å². The van der Waals surface area contributed by atoms with Crippen LogP contribution in [0.5, 0.6) is 11.5 Å². The number of rotatable bonds is 9. The third kappa shape index (κ3) is 7.50. The average Bonchev–Trinajstić information content (AvgIpc) is 2.71. The number of anilines is 1. The van der Waals surface area contributed by atoms with Gasteiger partial charge in [0.1, 0.15) is 6.54 Å². The number of alkyl halides is 5. The predicted molar refractivity (Wildman–Crippen MR) is 105 cm³/mol. The normalized spacial score (nSPS) is 12.2. The van der Waals surface area contributed by atoms with Crippen LogP contribution in [0.4, 0.5) is 27.6 Å². The Morgan fingerprint density at radius 2 is 1.78 bits per heavy atom. The molecule has 32 heavy (non-hydrogen) atoms. The first-order chi connectivity index (χ1) is 14.9. The van der Waals surface area contributed by atoms with E-state index in [2.05, 4.69) is 10.1 Å². The zero-order valence-corrected chi connectivity index (χ0v) is 17.1. The second-order valence-corrected chi connectivity index (χ2v) is 7.81. The molecule has 2 aromatic carbocycles. The van der Waals surface area contributed by atoms with Gasteiger partial charge in [0.2, 0.25) is 15.9 Å². The molecule has 0 spiro atoms. The van der Waals surface area contributed by atoms with Gasteiger partial charge >= 0.3 is 12.8 Å². The number of sulfonamides is 1. The summed E-state index contributed by atoms with van der Waals surface area (Å²) < 4.78 is 96.4. The molecule has 0 aliphatic heterocycles. The smallest absolute Gasteiger partial charge is 0.402 e. The Bertz CT molecular complexity index is 1070. The number of halogens is 5. The van der Waals surface area contributed by atoms with Gasteiger partial charge in [-0.25, -0.2) is 13.1 Å². The number of methoxy groups -OCH3 is 1. The van der Waals surface area contributed by atoms with Gasteiger partial charge in [-0.1, -0.05) is 12.1 Å². The molecular formula is C19H17F5N2O5S. The van der Waals surface area contributed by atoms with Gasteiger partial charge < -0.3 is 14.8 Å². The molecule has 13 heteroatoms. The molecule has 0 radical (unpaired) electrons. The number of carbonyl (C=O) groups is 1. The number of para-hydroxylation sites is 1. The first-order valence-corrected chi connectivity index (χ1v) is 10.2. The molecular weight excluding hydrogens is 463 g/mol. The number of hydrogen-bond acceptors (Lipinski definition) is 5. The number of nitrogens with one attached hydrogen (secondary N) is 2. The maximum Gasteiger partial charge on any atom is 0.402 e. The largest absolute Gasteiger partial charge is 0.493 e. The average molecular weight is 480 g/mol. The Labute approximate surface area is 179 Å². The minimum Gasteiger partial charge on any atom is -0.493 e. The molecule has 2 aromatic rings. The minimum atomic E-state index is -4.71. The maximum absolute atomic E-state index is 12.6. The highest BCUT2D eigenvalue weighted by atomic mass is 32.2. The monoisotopic (exact) mass is 480 g/mol. The number of ether oxygens (including phenoxy) is 2. The molecule has 0 aliphatic carbocycles. The summed E-state index contributed by atoms with van der Waals surface area (Å²) in [5, 5.41) is 2.39. The van der Waals surface area contributed by atoms with Crippen molar-refractivity contribution < 1.29 is 44.6 Å². The summed E-state index contributed by atoms with van der Waals surface area (Å²) >= 11 is 0. The molecule has 1 amide bonds. The second-order valence-electron chi connectivity index (χ2n) is 6.04. The third-order valence-electron chi connectivity index (χ3n) is 3.75. The van der Waals surface area contributed by atoms with E-state index in [1.807, 2.05) is 0 Å². The Morgan fingerprint density at radius 1 is 1.12 bits per heavy atom. The van der Waals surface area contributed by atoms with Crippen molar-refractivity contribution in [1.82, 2.24) is 4.72 Å². The first-order valence-electron chi connectivity index (χ1n) is 8.68. The lowest BCUT2D eigenvalue weighted by Gasteiger charge is -2.12. The molecule has 0 saturated carbocycles. The van der Waals surface area contributed by atoms with E-state index in [9.17, 15) is 35.2 Å². The molecule has 0 aromatic heterocycles. The molecule has 0 fully saturated rings. The van der Waals surface area contributed by atoms with Crippen molar-refractivity contribution in [2.45, 2.75) is 17.7 Å². The van der Waals surface area contributed by atoms with Gasteiger partial charge in [-0.3, -0.25) is 4.79 Å². The van der Waals surface area contributed by atoms with Gasteiger partial charge in [0, 0.05) is 17.3 Å². The molecule has 174 valence electrons. The number of benzene rings is 2. The summed E-state index contributed by atoms with van der Waals surface area (Å²) in [5.41, 5.74) is 0.279. The van der Waals surface area contributed by atoms with E-state index >= 15 is 0 Å². The molecule has 0 saturated heterocycles. The van der Waals surface area contributed by atoms with Crippen LogP contribution in [0.2, 0.25) is 0 Å². The Balaban J connectivity index is 2.09. The van der Waals surface area contributed by atoms with Crippen molar-refractivity contribution in [3.63, 3.8) is 0 Å². The molecule has 2 N–H and O–H groups in total. The Kier molecular flexibility index (Phi) is 8.16. The second kappa shape index (κ2) is 10.4. The zero-order valence-electron chi connectivity index (χ0n) is 16.3. The molecule has 0 atom stereocenters. The highest BCUT2D eigenvalue weighted by molar-refractivity contribution is 7.89. The van der Waals surface area contributed by atoms with Gasteiger partial charge in [0.25, 0.3) is 0 Å². The van der Waals surface area contributed by atoms with Crippen molar-refractivity contribution in [3.8, 4) is 11.5 Å². The van der Waals surface area contributed by atoms with Crippen LogP contribution in [0, 0.1) is 0 Å². The van der Waals surface area contributed by atoms with E-state index in [1.54, 1.807) is 0 Å². The lowest BCUT2D eigenvalue weighted by atomic mass is 10.1.